The van der Waals surface area contributed by atoms with Crippen molar-refractivity contribution in [2.45, 2.75) is 0 Å². The Morgan fingerprint density at radius 3 is 2.70 bits per heavy atom. The van der Waals surface area contributed by atoms with E-state index in [0.29, 0.717) is 28.4 Å². The minimum atomic E-state index is -0.232. The zero-order valence-corrected chi connectivity index (χ0v) is 12.9. The Balaban J connectivity index is 2.00. The number of amides is 1. The second-order valence-corrected chi connectivity index (χ2v) is 4.66. The van der Waals surface area contributed by atoms with E-state index in [-0.39, 0.29) is 12.5 Å². The minimum Gasteiger partial charge on any atom is -0.497 e. The molecule has 6 nitrogen and oxygen atoms in total. The molecule has 118 valence electrons. The molecule has 23 heavy (non-hydrogen) atoms. The third kappa shape index (κ3) is 4.38. The Bertz CT molecular complexity index is 738. The molecule has 0 radical (unpaired) electrons. The quantitative estimate of drug-likeness (QED) is 0.857. The highest BCUT2D eigenvalue weighted by Gasteiger charge is 2.08. The van der Waals surface area contributed by atoms with Crippen LogP contribution in [0.25, 0.3) is 0 Å². The molecular weight excluding hydrogens is 294 g/mol. The lowest BCUT2D eigenvalue weighted by molar-refractivity contribution is -0.114. The number of carbonyl (C=O) groups excluding carboxylic acids is 1. The molecule has 0 unspecified atom stereocenters. The number of rotatable bonds is 6. The minimum absolute atomic E-state index is 0.0559. The van der Waals surface area contributed by atoms with Crippen molar-refractivity contribution in [3.63, 3.8) is 0 Å². The maximum atomic E-state index is 12.0. The summed E-state index contributed by atoms with van der Waals surface area (Å²) in [6.07, 6.45) is 0. The topological polar surface area (TPSA) is 83.4 Å². The fourth-order valence-electron chi connectivity index (χ4n) is 2.00. The van der Waals surface area contributed by atoms with Crippen molar-refractivity contribution in [3.05, 3.63) is 48.0 Å². The van der Waals surface area contributed by atoms with Crippen LogP contribution in [0.15, 0.2) is 42.5 Å². The van der Waals surface area contributed by atoms with E-state index in [9.17, 15) is 4.79 Å². The van der Waals surface area contributed by atoms with Gasteiger partial charge in [-0.2, -0.15) is 5.26 Å². The van der Waals surface area contributed by atoms with Crippen molar-refractivity contribution >= 4 is 17.3 Å². The monoisotopic (exact) mass is 311 g/mol. The zero-order chi connectivity index (χ0) is 16.7. The summed E-state index contributed by atoms with van der Waals surface area (Å²) in [6.45, 7) is 0.0559. The summed E-state index contributed by atoms with van der Waals surface area (Å²) in [5, 5.41) is 14.6. The van der Waals surface area contributed by atoms with Crippen LogP contribution in [0.3, 0.4) is 0 Å². The molecule has 1 amide bonds. The predicted molar refractivity (Wildman–Crippen MR) is 87.8 cm³/mol. The fourth-order valence-corrected chi connectivity index (χ4v) is 2.00. The predicted octanol–water partition coefficient (Wildman–Crippen LogP) is 2.63. The van der Waals surface area contributed by atoms with Gasteiger partial charge in [0.1, 0.15) is 11.5 Å². The molecule has 0 fully saturated rings. The molecule has 0 atom stereocenters. The maximum absolute atomic E-state index is 12.0. The molecule has 6 heteroatoms. The number of carbonyl (C=O) groups is 1. The average Bonchev–Trinajstić information content (AvgIpc) is 2.59. The van der Waals surface area contributed by atoms with E-state index >= 15 is 0 Å². The zero-order valence-electron chi connectivity index (χ0n) is 12.9. The number of nitrogens with one attached hydrogen (secondary N) is 2. The largest absolute Gasteiger partial charge is 0.497 e. The number of nitrogens with zero attached hydrogens (tertiary/aromatic N) is 1. The number of ether oxygens (including phenoxy) is 2. The van der Waals surface area contributed by atoms with Crippen LogP contribution in [0.1, 0.15) is 5.56 Å². The van der Waals surface area contributed by atoms with Crippen molar-refractivity contribution in [1.29, 1.82) is 5.26 Å². The Morgan fingerprint density at radius 2 is 2.00 bits per heavy atom. The van der Waals surface area contributed by atoms with Crippen LogP contribution >= 0.6 is 0 Å². The van der Waals surface area contributed by atoms with Gasteiger partial charge in [0.15, 0.2) is 0 Å². The van der Waals surface area contributed by atoms with Crippen molar-refractivity contribution in [2.24, 2.45) is 0 Å². The van der Waals surface area contributed by atoms with Crippen molar-refractivity contribution in [1.82, 2.24) is 0 Å². The molecule has 2 aromatic carbocycles. The van der Waals surface area contributed by atoms with Crippen LogP contribution in [0.2, 0.25) is 0 Å². The van der Waals surface area contributed by atoms with Crippen molar-refractivity contribution in [2.75, 3.05) is 31.4 Å². The van der Waals surface area contributed by atoms with Crippen LogP contribution in [0, 0.1) is 11.3 Å². The molecule has 0 aliphatic rings. The second kappa shape index (κ2) is 7.71. The van der Waals surface area contributed by atoms with E-state index in [0.717, 1.165) is 0 Å². The highest BCUT2D eigenvalue weighted by molar-refractivity contribution is 5.94. The number of nitriles is 1. The number of benzene rings is 2. The van der Waals surface area contributed by atoms with Gasteiger partial charge in [-0.25, -0.2) is 0 Å². The molecule has 0 spiro atoms. The number of hydrogen-bond acceptors (Lipinski definition) is 5. The van der Waals surface area contributed by atoms with Gasteiger partial charge < -0.3 is 20.1 Å². The molecule has 0 aromatic heterocycles. The summed E-state index contributed by atoms with van der Waals surface area (Å²) >= 11 is 0. The SMILES string of the molecule is COc1ccc(OC)c(NCC(=O)Nc2cccc(C#N)c2)c1. The fraction of sp³-hybridized carbons (Fsp3) is 0.176. The summed E-state index contributed by atoms with van der Waals surface area (Å²) < 4.78 is 10.4. The molecule has 0 bridgehead atoms. The third-order valence-corrected chi connectivity index (χ3v) is 3.12. The summed E-state index contributed by atoms with van der Waals surface area (Å²) in [6, 6.07) is 14.0. The Hall–Kier alpha value is -3.20. The second-order valence-electron chi connectivity index (χ2n) is 4.66. The van der Waals surface area contributed by atoms with E-state index in [1.807, 2.05) is 6.07 Å². The van der Waals surface area contributed by atoms with Gasteiger partial charge in [-0.3, -0.25) is 4.79 Å². The first-order chi connectivity index (χ1) is 11.2. The molecule has 2 N–H and O–H groups in total. The van der Waals surface area contributed by atoms with Gasteiger partial charge in [0, 0.05) is 11.8 Å². The summed E-state index contributed by atoms with van der Waals surface area (Å²) in [4.78, 5) is 12.0. The number of methoxy groups -OCH3 is 2. The lowest BCUT2D eigenvalue weighted by Crippen LogP contribution is -2.22. The lowest BCUT2D eigenvalue weighted by atomic mass is 10.2. The van der Waals surface area contributed by atoms with E-state index in [1.165, 1.54) is 0 Å². The van der Waals surface area contributed by atoms with Crippen LogP contribution in [0.4, 0.5) is 11.4 Å². The normalized spacial score (nSPS) is 9.61. The third-order valence-electron chi connectivity index (χ3n) is 3.12. The van der Waals surface area contributed by atoms with Crippen LogP contribution < -0.4 is 20.1 Å². The van der Waals surface area contributed by atoms with Gasteiger partial charge in [-0.15, -0.1) is 0 Å². The van der Waals surface area contributed by atoms with Gasteiger partial charge in [-0.1, -0.05) is 6.07 Å². The molecule has 0 saturated carbocycles. The molecular formula is C17H17N3O3. The average molecular weight is 311 g/mol. The number of anilines is 2. The summed E-state index contributed by atoms with van der Waals surface area (Å²) in [5.74, 6) is 1.05. The highest BCUT2D eigenvalue weighted by atomic mass is 16.5. The molecule has 0 aliphatic carbocycles. The first kappa shape index (κ1) is 16.2. The Labute approximate surface area is 134 Å². The molecule has 0 aliphatic heterocycles. The van der Waals surface area contributed by atoms with Gasteiger partial charge in [0.05, 0.1) is 38.1 Å². The van der Waals surface area contributed by atoms with Gasteiger partial charge >= 0.3 is 0 Å². The molecule has 2 rings (SSSR count). The molecule has 0 heterocycles. The highest BCUT2D eigenvalue weighted by Crippen LogP contribution is 2.28. The Morgan fingerprint density at radius 1 is 1.17 bits per heavy atom. The first-order valence-electron chi connectivity index (χ1n) is 6.92. The maximum Gasteiger partial charge on any atom is 0.243 e. The van der Waals surface area contributed by atoms with E-state index in [2.05, 4.69) is 10.6 Å². The summed E-state index contributed by atoms with van der Waals surface area (Å²) in [5.41, 5.74) is 1.73. The lowest BCUT2D eigenvalue weighted by Gasteiger charge is -2.12. The van der Waals surface area contributed by atoms with Crippen LogP contribution in [-0.2, 0) is 4.79 Å². The van der Waals surface area contributed by atoms with E-state index in [1.54, 1.807) is 56.7 Å². The van der Waals surface area contributed by atoms with Crippen molar-refractivity contribution in [3.8, 4) is 17.6 Å². The standard InChI is InChI=1S/C17H17N3O3/c1-22-14-6-7-16(23-2)15(9-14)19-11-17(21)20-13-5-3-4-12(8-13)10-18/h3-9,19H,11H2,1-2H3,(H,20,21). The Kier molecular flexibility index (Phi) is 5.42. The molecule has 2 aromatic rings. The summed E-state index contributed by atoms with van der Waals surface area (Å²) in [7, 11) is 3.13. The van der Waals surface area contributed by atoms with Gasteiger partial charge in [-0.05, 0) is 30.3 Å². The van der Waals surface area contributed by atoms with E-state index in [4.69, 9.17) is 14.7 Å². The van der Waals surface area contributed by atoms with Gasteiger partial charge in [0.25, 0.3) is 0 Å². The molecule has 0 saturated heterocycles. The smallest absolute Gasteiger partial charge is 0.243 e. The van der Waals surface area contributed by atoms with Gasteiger partial charge in [0.2, 0.25) is 5.91 Å². The first-order valence-corrected chi connectivity index (χ1v) is 6.92. The number of hydrogen-bond donors (Lipinski definition) is 2. The van der Waals surface area contributed by atoms with Crippen molar-refractivity contribution < 1.29 is 14.3 Å². The van der Waals surface area contributed by atoms with Crippen LogP contribution in [-0.4, -0.2) is 26.7 Å². The van der Waals surface area contributed by atoms with E-state index < -0.39 is 0 Å². The van der Waals surface area contributed by atoms with Crippen LogP contribution in [0.5, 0.6) is 11.5 Å².